The third-order valence-electron chi connectivity index (χ3n) is 9.43. The molecule has 8 aromatic rings. The molecule has 0 saturated heterocycles. The van der Waals surface area contributed by atoms with Crippen molar-refractivity contribution in [1.29, 1.82) is 0 Å². The average Bonchev–Trinajstić information content (AvgIpc) is 3.43. The lowest BCUT2D eigenvalue weighted by molar-refractivity contribution is 1.18. The molecule has 46 heavy (non-hydrogen) atoms. The molecule has 0 aliphatic heterocycles. The van der Waals surface area contributed by atoms with Crippen molar-refractivity contribution in [2.45, 2.75) is 13.8 Å². The van der Waals surface area contributed by atoms with Crippen LogP contribution in [0.2, 0.25) is 0 Å². The highest BCUT2D eigenvalue weighted by Gasteiger charge is 2.41. The van der Waals surface area contributed by atoms with E-state index in [1.807, 2.05) is 0 Å². The molecule has 0 radical (unpaired) electrons. The highest BCUT2D eigenvalue weighted by molar-refractivity contribution is 7.19. The Morgan fingerprint density at radius 1 is 0.370 bits per heavy atom. The highest BCUT2D eigenvalue weighted by atomic mass is 28.3. The standard InChI is InChI=1S/C44H35NSi/c1-32-24-26-43-41(28-32)42-29-33(2)25-27-44(42)45(43)36-16-12-14-34(30-36)35-15-13-23-40(31-35)46(37-17-6-3-7-18-37,38-19-8-4-9-20-38)39-21-10-5-11-22-39/h3-31H,1-2H3. The van der Waals surface area contributed by atoms with Gasteiger partial charge in [-0.2, -0.15) is 0 Å². The summed E-state index contributed by atoms with van der Waals surface area (Å²) < 4.78 is 2.42. The molecule has 0 fully saturated rings. The summed E-state index contributed by atoms with van der Waals surface area (Å²) in [6, 6.07) is 65.4. The van der Waals surface area contributed by atoms with Crippen LogP contribution in [-0.2, 0) is 0 Å². The fraction of sp³-hybridized carbons (Fsp3) is 0.0455. The Bertz CT molecular complexity index is 2160. The van der Waals surface area contributed by atoms with Crippen molar-refractivity contribution in [2.75, 3.05) is 0 Å². The molecule has 0 bridgehead atoms. The van der Waals surface area contributed by atoms with Crippen LogP contribution in [0.5, 0.6) is 0 Å². The predicted octanol–water partition coefficient (Wildman–Crippen LogP) is 8.44. The van der Waals surface area contributed by atoms with E-state index in [4.69, 9.17) is 0 Å². The second-order valence-electron chi connectivity index (χ2n) is 12.4. The van der Waals surface area contributed by atoms with Crippen LogP contribution in [0.1, 0.15) is 11.1 Å². The molecule has 0 atom stereocenters. The molecule has 8 rings (SSSR count). The Labute approximate surface area is 272 Å². The lowest BCUT2D eigenvalue weighted by atomic mass is 10.1. The molecular formula is C44H35NSi. The highest BCUT2D eigenvalue weighted by Crippen LogP contribution is 2.34. The van der Waals surface area contributed by atoms with Gasteiger partial charge < -0.3 is 4.57 Å². The first-order valence-electron chi connectivity index (χ1n) is 16.0. The third kappa shape index (κ3) is 4.61. The van der Waals surface area contributed by atoms with E-state index in [2.05, 4.69) is 194 Å². The zero-order valence-corrected chi connectivity index (χ0v) is 27.2. The molecule has 0 aliphatic rings. The summed E-state index contributed by atoms with van der Waals surface area (Å²) in [6.07, 6.45) is 0. The summed E-state index contributed by atoms with van der Waals surface area (Å²) in [4.78, 5) is 0. The summed E-state index contributed by atoms with van der Waals surface area (Å²) in [6.45, 7) is 4.35. The monoisotopic (exact) mass is 605 g/mol. The van der Waals surface area contributed by atoms with Gasteiger partial charge in [-0.3, -0.25) is 0 Å². The first-order chi connectivity index (χ1) is 22.6. The number of rotatable bonds is 6. The molecular weight excluding hydrogens is 571 g/mol. The van der Waals surface area contributed by atoms with Gasteiger partial charge in [0.15, 0.2) is 8.07 Å². The smallest absolute Gasteiger partial charge is 0.179 e. The number of hydrogen-bond donors (Lipinski definition) is 0. The SMILES string of the molecule is Cc1ccc2c(c1)c1cc(C)ccc1n2-c1cccc(-c2cccc([Si](c3ccccc3)(c3ccccc3)c3ccccc3)c2)c1. The Morgan fingerprint density at radius 3 is 1.30 bits per heavy atom. The number of aromatic nitrogens is 1. The zero-order valence-electron chi connectivity index (χ0n) is 26.2. The van der Waals surface area contributed by atoms with E-state index in [1.54, 1.807) is 0 Å². The van der Waals surface area contributed by atoms with Gasteiger partial charge in [0.25, 0.3) is 0 Å². The van der Waals surface area contributed by atoms with Crippen molar-refractivity contribution in [3.05, 3.63) is 187 Å². The minimum absolute atomic E-state index is 1.17. The molecule has 0 spiro atoms. The molecule has 2 heteroatoms. The molecule has 1 heterocycles. The third-order valence-corrected chi connectivity index (χ3v) is 14.2. The summed E-state index contributed by atoms with van der Waals surface area (Å²) in [5.74, 6) is 0. The van der Waals surface area contributed by atoms with E-state index >= 15 is 0 Å². The number of benzene rings is 7. The summed E-state index contributed by atoms with van der Waals surface area (Å²) >= 11 is 0. The van der Waals surface area contributed by atoms with Crippen molar-refractivity contribution >= 4 is 50.6 Å². The van der Waals surface area contributed by atoms with Crippen LogP contribution in [0.25, 0.3) is 38.6 Å². The van der Waals surface area contributed by atoms with Crippen molar-refractivity contribution in [1.82, 2.24) is 4.57 Å². The van der Waals surface area contributed by atoms with Crippen molar-refractivity contribution < 1.29 is 0 Å². The van der Waals surface area contributed by atoms with Gasteiger partial charge in [-0.25, -0.2) is 0 Å². The fourth-order valence-corrected chi connectivity index (χ4v) is 12.1. The maximum atomic E-state index is 2.46. The molecule has 0 aliphatic carbocycles. The van der Waals surface area contributed by atoms with Crippen molar-refractivity contribution in [3.63, 3.8) is 0 Å². The van der Waals surface area contributed by atoms with Crippen LogP contribution in [0, 0.1) is 13.8 Å². The summed E-state index contributed by atoms with van der Waals surface area (Å²) in [7, 11) is -2.62. The second kappa shape index (κ2) is 11.5. The van der Waals surface area contributed by atoms with Crippen LogP contribution in [0.4, 0.5) is 0 Å². The van der Waals surface area contributed by atoms with Crippen LogP contribution >= 0.6 is 0 Å². The Hall–Kier alpha value is -5.44. The molecule has 0 unspecified atom stereocenters. The minimum Gasteiger partial charge on any atom is -0.309 e. The molecule has 0 amide bonds. The molecule has 220 valence electrons. The van der Waals surface area contributed by atoms with Crippen LogP contribution in [0.3, 0.4) is 0 Å². The Kier molecular flexibility index (Phi) is 7.01. The molecule has 1 aromatic heterocycles. The van der Waals surface area contributed by atoms with E-state index in [-0.39, 0.29) is 0 Å². The van der Waals surface area contributed by atoms with Crippen LogP contribution in [-0.4, -0.2) is 12.6 Å². The van der Waals surface area contributed by atoms with Crippen LogP contribution in [0.15, 0.2) is 176 Å². The lowest BCUT2D eigenvalue weighted by Crippen LogP contribution is -2.74. The van der Waals surface area contributed by atoms with E-state index in [1.165, 1.54) is 70.5 Å². The van der Waals surface area contributed by atoms with Gasteiger partial charge in [0.1, 0.15) is 0 Å². The average molecular weight is 606 g/mol. The molecule has 0 N–H and O–H groups in total. The van der Waals surface area contributed by atoms with Gasteiger partial charge >= 0.3 is 0 Å². The van der Waals surface area contributed by atoms with Gasteiger partial charge in [-0.15, -0.1) is 0 Å². The largest absolute Gasteiger partial charge is 0.309 e. The topological polar surface area (TPSA) is 4.93 Å². The van der Waals surface area contributed by atoms with Crippen molar-refractivity contribution in [2.24, 2.45) is 0 Å². The number of hydrogen-bond acceptors (Lipinski definition) is 0. The van der Waals surface area contributed by atoms with Crippen molar-refractivity contribution in [3.8, 4) is 16.8 Å². The summed E-state index contributed by atoms with van der Waals surface area (Å²) in [5, 5.41) is 8.13. The first kappa shape index (κ1) is 28.1. The van der Waals surface area contributed by atoms with E-state index in [0.717, 1.165) is 0 Å². The van der Waals surface area contributed by atoms with E-state index < -0.39 is 8.07 Å². The maximum absolute atomic E-state index is 2.62. The number of aryl methyl sites for hydroxylation is 2. The Morgan fingerprint density at radius 2 is 0.804 bits per heavy atom. The predicted molar refractivity (Wildman–Crippen MR) is 199 cm³/mol. The quantitative estimate of drug-likeness (QED) is 0.132. The molecule has 1 nitrogen and oxygen atoms in total. The fourth-order valence-electron chi connectivity index (χ4n) is 7.35. The lowest BCUT2D eigenvalue weighted by Gasteiger charge is -2.34. The minimum atomic E-state index is -2.62. The van der Waals surface area contributed by atoms with E-state index in [9.17, 15) is 0 Å². The summed E-state index contributed by atoms with van der Waals surface area (Å²) in [5.41, 5.74) is 8.65. The van der Waals surface area contributed by atoms with Gasteiger partial charge in [-0.05, 0) is 82.1 Å². The molecule has 0 saturated carbocycles. The molecule has 7 aromatic carbocycles. The van der Waals surface area contributed by atoms with Gasteiger partial charge in [0, 0.05) is 16.5 Å². The Balaban J connectivity index is 1.34. The normalized spacial score (nSPS) is 11.7. The maximum Gasteiger partial charge on any atom is 0.179 e. The van der Waals surface area contributed by atoms with Crippen LogP contribution < -0.4 is 20.7 Å². The van der Waals surface area contributed by atoms with E-state index in [0.29, 0.717) is 0 Å². The van der Waals surface area contributed by atoms with Gasteiger partial charge in [0.05, 0.1) is 11.0 Å². The van der Waals surface area contributed by atoms with Gasteiger partial charge in [-0.1, -0.05) is 151 Å². The van der Waals surface area contributed by atoms with Gasteiger partial charge in [0.2, 0.25) is 0 Å². The number of fused-ring (bicyclic) bond motifs is 3. The first-order valence-corrected chi connectivity index (χ1v) is 18.0. The number of nitrogens with zero attached hydrogens (tertiary/aromatic N) is 1. The second-order valence-corrected chi connectivity index (χ2v) is 16.2. The zero-order chi connectivity index (χ0) is 31.1.